The number of halogens is 1. The molecule has 1 unspecified atom stereocenters. The first-order valence-electron chi connectivity index (χ1n) is 7.94. The lowest BCUT2D eigenvalue weighted by Gasteiger charge is -2.32. The van der Waals surface area contributed by atoms with E-state index in [2.05, 4.69) is 20.9 Å². The molecule has 0 radical (unpaired) electrons. The highest BCUT2D eigenvalue weighted by Crippen LogP contribution is 2.33. The third-order valence-corrected chi connectivity index (χ3v) is 4.25. The Balaban J connectivity index is 2.50. The third-order valence-electron chi connectivity index (χ3n) is 3.85. The molecule has 1 heterocycles. The number of nitrogens with zero attached hydrogens (tertiary/aromatic N) is 1. The van der Waals surface area contributed by atoms with Crippen LogP contribution in [0.2, 0.25) is 0 Å². The highest BCUT2D eigenvalue weighted by Gasteiger charge is 2.41. The molecular formula is C19H21BrN2O3. The number of carbonyl (C=O) groups is 2. The Labute approximate surface area is 155 Å². The molecule has 2 N–H and O–H groups in total. The molecule has 25 heavy (non-hydrogen) atoms. The van der Waals surface area contributed by atoms with Crippen molar-refractivity contribution in [2.24, 2.45) is 5.73 Å². The fraction of sp³-hybridized carbons (Fsp3) is 0.316. The number of hydrogen-bond acceptors (Lipinski definition) is 4. The van der Waals surface area contributed by atoms with E-state index in [4.69, 9.17) is 10.5 Å². The second kappa shape index (κ2) is 8.25. The van der Waals surface area contributed by atoms with Crippen molar-refractivity contribution in [3.05, 3.63) is 65.5 Å². The number of ether oxygens (including phenoxy) is 1. The predicted octanol–water partition coefficient (Wildman–Crippen LogP) is 3.86. The van der Waals surface area contributed by atoms with Gasteiger partial charge in [-0.2, -0.15) is 0 Å². The van der Waals surface area contributed by atoms with Crippen LogP contribution in [0.1, 0.15) is 41.5 Å². The maximum atomic E-state index is 13.2. The van der Waals surface area contributed by atoms with E-state index in [0.717, 1.165) is 17.4 Å². The Morgan fingerprint density at radius 3 is 2.44 bits per heavy atom. The molecule has 0 saturated heterocycles. The van der Waals surface area contributed by atoms with Gasteiger partial charge in [-0.15, -0.1) is 0 Å². The van der Waals surface area contributed by atoms with Crippen LogP contribution >= 0.6 is 15.9 Å². The van der Waals surface area contributed by atoms with Gasteiger partial charge in [0.2, 0.25) is 0 Å². The third kappa shape index (κ3) is 4.89. The monoisotopic (exact) mass is 404 g/mol. The average Bonchev–Trinajstić information content (AvgIpc) is 2.55. The minimum Gasteiger partial charge on any atom is -0.442 e. The summed E-state index contributed by atoms with van der Waals surface area (Å²) in [6, 6.07) is 14.4. The topological polar surface area (TPSA) is 82.3 Å². The van der Waals surface area contributed by atoms with Gasteiger partial charge in [0.1, 0.15) is 11.5 Å². The van der Waals surface area contributed by atoms with Gasteiger partial charge in [0, 0.05) is 16.6 Å². The highest BCUT2D eigenvalue weighted by atomic mass is 79.9. The molecule has 0 aliphatic heterocycles. The van der Waals surface area contributed by atoms with Gasteiger partial charge in [-0.1, -0.05) is 52.3 Å². The standard InChI is InChI=1S/C19H21BrN2O3/c1-19(2,25-18(21)24)16(17(23)13-7-4-3-5-8-13)15-10-6-9-14(22-15)11-12-20/h3-10,16H,11-12H2,1-2H3,(H2,21,24). The van der Waals surface area contributed by atoms with Crippen molar-refractivity contribution >= 4 is 27.8 Å². The number of benzene rings is 1. The van der Waals surface area contributed by atoms with Gasteiger partial charge in [0.05, 0.1) is 5.69 Å². The van der Waals surface area contributed by atoms with E-state index in [9.17, 15) is 9.59 Å². The minimum atomic E-state index is -1.14. The van der Waals surface area contributed by atoms with Crippen LogP contribution in [0.5, 0.6) is 0 Å². The van der Waals surface area contributed by atoms with E-state index in [1.54, 1.807) is 44.2 Å². The van der Waals surface area contributed by atoms with Crippen LogP contribution in [0.25, 0.3) is 0 Å². The van der Waals surface area contributed by atoms with Gasteiger partial charge in [-0.05, 0) is 32.4 Å². The van der Waals surface area contributed by atoms with Crippen LogP contribution in [0, 0.1) is 0 Å². The summed E-state index contributed by atoms with van der Waals surface area (Å²) < 4.78 is 5.27. The van der Waals surface area contributed by atoms with Crippen molar-refractivity contribution in [2.75, 3.05) is 5.33 Å². The minimum absolute atomic E-state index is 0.171. The highest BCUT2D eigenvalue weighted by molar-refractivity contribution is 9.09. The molecule has 2 rings (SSSR count). The maximum absolute atomic E-state index is 13.2. The van der Waals surface area contributed by atoms with Gasteiger partial charge in [0.25, 0.3) is 0 Å². The summed E-state index contributed by atoms with van der Waals surface area (Å²) in [7, 11) is 0. The number of nitrogens with two attached hydrogens (primary N) is 1. The van der Waals surface area contributed by atoms with Gasteiger partial charge >= 0.3 is 6.09 Å². The molecule has 1 aromatic carbocycles. The van der Waals surface area contributed by atoms with Gasteiger partial charge in [0.15, 0.2) is 5.78 Å². The summed E-state index contributed by atoms with van der Waals surface area (Å²) in [5.41, 5.74) is 6.01. The lowest BCUT2D eigenvalue weighted by molar-refractivity contribution is 0.0235. The number of hydrogen-bond donors (Lipinski definition) is 1. The zero-order valence-electron chi connectivity index (χ0n) is 14.2. The van der Waals surface area contributed by atoms with Crippen molar-refractivity contribution in [3.8, 4) is 0 Å². The van der Waals surface area contributed by atoms with Crippen LogP contribution in [0.3, 0.4) is 0 Å². The SMILES string of the molecule is CC(C)(OC(N)=O)C(C(=O)c1ccccc1)c1cccc(CCBr)n1. The van der Waals surface area contributed by atoms with Crippen LogP contribution in [-0.2, 0) is 11.2 Å². The maximum Gasteiger partial charge on any atom is 0.405 e. The number of pyridine rings is 1. The Kier molecular flexibility index (Phi) is 6.31. The molecule has 1 atom stereocenters. The molecule has 0 aliphatic rings. The number of amides is 1. The van der Waals surface area contributed by atoms with Crippen molar-refractivity contribution in [1.29, 1.82) is 0 Å². The fourth-order valence-corrected chi connectivity index (χ4v) is 3.19. The summed E-state index contributed by atoms with van der Waals surface area (Å²) in [6.07, 6.45) is -0.190. The van der Waals surface area contributed by atoms with E-state index in [0.29, 0.717) is 11.3 Å². The van der Waals surface area contributed by atoms with Crippen LogP contribution in [0.15, 0.2) is 48.5 Å². The van der Waals surface area contributed by atoms with E-state index >= 15 is 0 Å². The van der Waals surface area contributed by atoms with Crippen molar-refractivity contribution in [2.45, 2.75) is 31.8 Å². The number of ketones is 1. The lowest BCUT2D eigenvalue weighted by Crippen LogP contribution is -2.41. The van der Waals surface area contributed by atoms with Crippen LogP contribution < -0.4 is 5.73 Å². The summed E-state index contributed by atoms with van der Waals surface area (Å²) >= 11 is 3.39. The number of rotatable bonds is 7. The smallest absolute Gasteiger partial charge is 0.405 e. The summed E-state index contributed by atoms with van der Waals surface area (Å²) in [4.78, 5) is 29.1. The summed E-state index contributed by atoms with van der Waals surface area (Å²) in [6.45, 7) is 3.34. The molecule has 0 saturated carbocycles. The first-order chi connectivity index (χ1) is 11.8. The molecule has 2 aromatic rings. The zero-order chi connectivity index (χ0) is 18.4. The average molecular weight is 405 g/mol. The zero-order valence-corrected chi connectivity index (χ0v) is 15.8. The van der Waals surface area contributed by atoms with Gasteiger partial charge in [-0.3, -0.25) is 9.78 Å². The molecule has 6 heteroatoms. The van der Waals surface area contributed by atoms with E-state index < -0.39 is 17.6 Å². The largest absolute Gasteiger partial charge is 0.442 e. The number of primary amides is 1. The van der Waals surface area contributed by atoms with Crippen LogP contribution in [-0.4, -0.2) is 27.8 Å². The fourth-order valence-electron chi connectivity index (χ4n) is 2.79. The number of alkyl halides is 1. The molecule has 0 bridgehead atoms. The normalized spacial score (nSPS) is 12.4. The van der Waals surface area contributed by atoms with E-state index in [1.807, 2.05) is 18.2 Å². The number of aromatic nitrogens is 1. The summed E-state index contributed by atoms with van der Waals surface area (Å²) in [5, 5.41) is 0.766. The van der Waals surface area contributed by atoms with E-state index in [1.165, 1.54) is 0 Å². The van der Waals surface area contributed by atoms with Gasteiger partial charge in [-0.25, -0.2) is 4.79 Å². The van der Waals surface area contributed by atoms with Crippen molar-refractivity contribution < 1.29 is 14.3 Å². The quantitative estimate of drug-likeness (QED) is 0.560. The Bertz CT molecular complexity index is 747. The second-order valence-corrected chi connectivity index (χ2v) is 6.97. The van der Waals surface area contributed by atoms with Crippen molar-refractivity contribution in [1.82, 2.24) is 4.98 Å². The first-order valence-corrected chi connectivity index (χ1v) is 9.07. The Hall–Kier alpha value is -2.21. The van der Waals surface area contributed by atoms with Gasteiger partial charge < -0.3 is 10.5 Å². The van der Waals surface area contributed by atoms with Crippen LogP contribution in [0.4, 0.5) is 4.79 Å². The molecule has 1 amide bonds. The molecular weight excluding hydrogens is 384 g/mol. The molecule has 0 aliphatic carbocycles. The number of aryl methyl sites for hydroxylation is 1. The predicted molar refractivity (Wildman–Crippen MR) is 100.0 cm³/mol. The Morgan fingerprint density at radius 1 is 1.16 bits per heavy atom. The molecule has 0 spiro atoms. The second-order valence-electron chi connectivity index (χ2n) is 6.18. The first kappa shape index (κ1) is 19.1. The number of carbonyl (C=O) groups excluding carboxylic acids is 2. The van der Waals surface area contributed by atoms with Crippen molar-refractivity contribution in [3.63, 3.8) is 0 Å². The molecule has 1 aromatic heterocycles. The molecule has 0 fully saturated rings. The Morgan fingerprint density at radius 2 is 1.84 bits per heavy atom. The molecule has 132 valence electrons. The lowest BCUT2D eigenvalue weighted by atomic mass is 9.81. The molecule has 5 nitrogen and oxygen atoms in total. The summed E-state index contributed by atoms with van der Waals surface area (Å²) in [5.74, 6) is -0.937. The number of Topliss-reactive ketones (excluding diaryl/α,β-unsaturated/α-hetero) is 1. The van der Waals surface area contributed by atoms with E-state index in [-0.39, 0.29) is 5.78 Å².